The maximum atomic E-state index is 11.8. The van der Waals surface area contributed by atoms with Crippen molar-refractivity contribution in [1.82, 2.24) is 0 Å². The highest BCUT2D eigenvalue weighted by atomic mass is 16.1. The van der Waals surface area contributed by atoms with Crippen molar-refractivity contribution >= 4 is 5.78 Å². The average molecular weight is 205 g/mol. The van der Waals surface area contributed by atoms with Crippen LogP contribution in [0.3, 0.4) is 0 Å². The summed E-state index contributed by atoms with van der Waals surface area (Å²) in [7, 11) is 0. The van der Waals surface area contributed by atoms with E-state index in [1.165, 1.54) is 0 Å². The Morgan fingerprint density at radius 2 is 2.07 bits per heavy atom. The third-order valence-corrected chi connectivity index (χ3v) is 2.51. The van der Waals surface area contributed by atoms with Gasteiger partial charge in [-0.1, -0.05) is 24.3 Å². The van der Waals surface area contributed by atoms with E-state index in [2.05, 4.69) is 0 Å². The van der Waals surface area contributed by atoms with E-state index in [1.54, 1.807) is 0 Å². The molecular formula is C13H19NO. The Morgan fingerprint density at radius 3 is 2.67 bits per heavy atom. The third kappa shape index (κ3) is 3.84. The lowest BCUT2D eigenvalue weighted by atomic mass is 10.00. The van der Waals surface area contributed by atoms with Gasteiger partial charge in [0, 0.05) is 18.0 Å². The van der Waals surface area contributed by atoms with E-state index < -0.39 is 0 Å². The minimum absolute atomic E-state index is 0.190. The predicted octanol–water partition coefficient (Wildman–Crippen LogP) is 2.70. The summed E-state index contributed by atoms with van der Waals surface area (Å²) in [6, 6.07) is 7.91. The Hall–Kier alpha value is -1.15. The first-order chi connectivity index (χ1) is 7.11. The lowest BCUT2D eigenvalue weighted by Crippen LogP contribution is -2.14. The Balaban J connectivity index is 2.51. The van der Waals surface area contributed by atoms with Crippen LogP contribution in [0.15, 0.2) is 24.3 Å². The van der Waals surface area contributed by atoms with Gasteiger partial charge in [0.2, 0.25) is 0 Å². The zero-order valence-corrected chi connectivity index (χ0v) is 9.49. The lowest BCUT2D eigenvalue weighted by molar-refractivity contribution is 0.0978. The van der Waals surface area contributed by atoms with Crippen molar-refractivity contribution in [2.45, 2.75) is 39.2 Å². The van der Waals surface area contributed by atoms with Gasteiger partial charge < -0.3 is 5.73 Å². The van der Waals surface area contributed by atoms with Crippen molar-refractivity contribution in [1.29, 1.82) is 0 Å². The first-order valence-corrected chi connectivity index (χ1v) is 5.45. The van der Waals surface area contributed by atoms with Crippen molar-refractivity contribution < 1.29 is 4.79 Å². The van der Waals surface area contributed by atoms with Crippen LogP contribution in [-0.4, -0.2) is 11.8 Å². The molecule has 1 aromatic carbocycles. The normalized spacial score (nSPS) is 12.5. The molecule has 0 aliphatic rings. The topological polar surface area (TPSA) is 43.1 Å². The number of hydrogen-bond acceptors (Lipinski definition) is 2. The maximum Gasteiger partial charge on any atom is 0.163 e. The number of ketones is 1. The van der Waals surface area contributed by atoms with Gasteiger partial charge in [-0.3, -0.25) is 4.79 Å². The average Bonchev–Trinajstić information content (AvgIpc) is 2.17. The smallest absolute Gasteiger partial charge is 0.163 e. The van der Waals surface area contributed by atoms with Gasteiger partial charge in [-0.05, 0) is 32.3 Å². The molecule has 2 nitrogen and oxygen atoms in total. The summed E-state index contributed by atoms with van der Waals surface area (Å²) in [6.07, 6.45) is 2.40. The molecule has 0 heterocycles. The van der Waals surface area contributed by atoms with Crippen LogP contribution >= 0.6 is 0 Å². The van der Waals surface area contributed by atoms with E-state index in [1.807, 2.05) is 38.1 Å². The molecule has 1 aromatic rings. The van der Waals surface area contributed by atoms with Gasteiger partial charge in [0.05, 0.1) is 0 Å². The van der Waals surface area contributed by atoms with E-state index in [0.29, 0.717) is 6.42 Å². The highest BCUT2D eigenvalue weighted by Gasteiger charge is 2.07. The van der Waals surface area contributed by atoms with Gasteiger partial charge in [-0.15, -0.1) is 0 Å². The minimum atomic E-state index is 0.190. The number of carbonyl (C=O) groups excluding carboxylic acids is 1. The molecule has 0 radical (unpaired) electrons. The number of benzene rings is 1. The molecule has 0 saturated heterocycles. The number of aryl methyl sites for hydroxylation is 1. The van der Waals surface area contributed by atoms with Gasteiger partial charge in [-0.25, -0.2) is 0 Å². The highest BCUT2D eigenvalue weighted by molar-refractivity contribution is 5.97. The number of nitrogens with two attached hydrogens (primary N) is 1. The van der Waals surface area contributed by atoms with Gasteiger partial charge in [0.15, 0.2) is 5.78 Å². The molecular weight excluding hydrogens is 186 g/mol. The first-order valence-electron chi connectivity index (χ1n) is 5.45. The molecule has 0 aromatic heterocycles. The van der Waals surface area contributed by atoms with E-state index in [-0.39, 0.29) is 11.8 Å². The second kappa shape index (κ2) is 5.66. The summed E-state index contributed by atoms with van der Waals surface area (Å²) in [5.41, 5.74) is 7.54. The van der Waals surface area contributed by atoms with Crippen molar-refractivity contribution in [3.63, 3.8) is 0 Å². The molecule has 2 N–H and O–H groups in total. The highest BCUT2D eigenvalue weighted by Crippen LogP contribution is 2.12. The third-order valence-electron chi connectivity index (χ3n) is 2.51. The van der Waals surface area contributed by atoms with Crippen molar-refractivity contribution in [2.24, 2.45) is 5.73 Å². The molecule has 0 bridgehead atoms. The molecule has 0 spiro atoms. The Bertz CT molecular complexity index is 331. The molecule has 1 atom stereocenters. The predicted molar refractivity (Wildman–Crippen MR) is 63.0 cm³/mol. The van der Waals surface area contributed by atoms with Crippen molar-refractivity contribution in [2.75, 3.05) is 0 Å². The quantitative estimate of drug-likeness (QED) is 0.751. The molecule has 0 amide bonds. The maximum absolute atomic E-state index is 11.8. The minimum Gasteiger partial charge on any atom is -0.328 e. The van der Waals surface area contributed by atoms with Gasteiger partial charge >= 0.3 is 0 Å². The molecule has 0 saturated carbocycles. The Labute approximate surface area is 91.5 Å². The van der Waals surface area contributed by atoms with Gasteiger partial charge in [-0.2, -0.15) is 0 Å². The van der Waals surface area contributed by atoms with E-state index >= 15 is 0 Å². The van der Waals surface area contributed by atoms with E-state index in [0.717, 1.165) is 24.0 Å². The van der Waals surface area contributed by atoms with Crippen LogP contribution in [-0.2, 0) is 0 Å². The standard InChI is InChI=1S/C13H19NO/c1-10-6-3-4-8-12(10)13(15)9-5-7-11(2)14/h3-4,6,8,11H,5,7,9,14H2,1-2H3. The molecule has 0 aliphatic carbocycles. The summed E-state index contributed by atoms with van der Waals surface area (Å²) in [5.74, 6) is 0.230. The lowest BCUT2D eigenvalue weighted by Gasteiger charge is -2.06. The van der Waals surface area contributed by atoms with Crippen LogP contribution in [0, 0.1) is 6.92 Å². The van der Waals surface area contributed by atoms with Crippen molar-refractivity contribution in [3.05, 3.63) is 35.4 Å². The first kappa shape index (κ1) is 11.9. The summed E-state index contributed by atoms with van der Waals surface area (Å²) in [4.78, 5) is 11.8. The largest absolute Gasteiger partial charge is 0.328 e. The molecule has 1 unspecified atom stereocenters. The zero-order chi connectivity index (χ0) is 11.3. The summed E-state index contributed by atoms with van der Waals surface area (Å²) < 4.78 is 0. The van der Waals surface area contributed by atoms with E-state index in [9.17, 15) is 4.79 Å². The molecule has 0 aliphatic heterocycles. The fourth-order valence-electron chi connectivity index (χ4n) is 1.61. The molecule has 2 heteroatoms. The molecule has 82 valence electrons. The monoisotopic (exact) mass is 205 g/mol. The van der Waals surface area contributed by atoms with E-state index in [4.69, 9.17) is 5.73 Å². The van der Waals surface area contributed by atoms with Gasteiger partial charge in [0.25, 0.3) is 0 Å². The van der Waals surface area contributed by atoms with Crippen LogP contribution < -0.4 is 5.73 Å². The van der Waals surface area contributed by atoms with Crippen LogP contribution in [0.2, 0.25) is 0 Å². The number of carbonyl (C=O) groups is 1. The second-order valence-electron chi connectivity index (χ2n) is 4.11. The fourth-order valence-corrected chi connectivity index (χ4v) is 1.61. The second-order valence-corrected chi connectivity index (χ2v) is 4.11. The van der Waals surface area contributed by atoms with Crippen LogP contribution in [0.25, 0.3) is 0 Å². The van der Waals surface area contributed by atoms with Crippen LogP contribution in [0.4, 0.5) is 0 Å². The SMILES string of the molecule is Cc1ccccc1C(=O)CCCC(C)N. The molecule has 15 heavy (non-hydrogen) atoms. The van der Waals surface area contributed by atoms with Gasteiger partial charge in [0.1, 0.15) is 0 Å². The summed E-state index contributed by atoms with van der Waals surface area (Å²) in [5, 5.41) is 0. The summed E-state index contributed by atoms with van der Waals surface area (Å²) >= 11 is 0. The number of rotatable bonds is 5. The van der Waals surface area contributed by atoms with Crippen molar-refractivity contribution in [3.8, 4) is 0 Å². The Kier molecular flexibility index (Phi) is 4.50. The van der Waals surface area contributed by atoms with Crippen LogP contribution in [0.5, 0.6) is 0 Å². The summed E-state index contributed by atoms with van der Waals surface area (Å²) in [6.45, 7) is 3.94. The Morgan fingerprint density at radius 1 is 1.40 bits per heavy atom. The van der Waals surface area contributed by atoms with Crippen LogP contribution in [0.1, 0.15) is 42.1 Å². The molecule has 1 rings (SSSR count). The molecule has 0 fully saturated rings. The number of hydrogen-bond donors (Lipinski definition) is 1. The number of Topliss-reactive ketones (excluding diaryl/α,β-unsaturated/α-hetero) is 1. The fraction of sp³-hybridized carbons (Fsp3) is 0.462. The zero-order valence-electron chi connectivity index (χ0n) is 9.49.